The van der Waals surface area contributed by atoms with E-state index < -0.39 is 8.56 Å². The van der Waals surface area contributed by atoms with E-state index in [2.05, 4.69) is 142 Å². The number of allylic oxidation sites excluding steroid dienone is 2. The molecule has 0 bridgehead atoms. The maximum atomic E-state index is 7.98. The van der Waals surface area contributed by atoms with E-state index in [1.165, 1.54) is 126 Å². The van der Waals surface area contributed by atoms with Crippen LogP contribution in [0.3, 0.4) is 0 Å². The van der Waals surface area contributed by atoms with E-state index in [0.29, 0.717) is 21.7 Å². The Morgan fingerprint density at radius 3 is 1.28 bits per heavy atom. The third kappa shape index (κ3) is 9.16. The van der Waals surface area contributed by atoms with E-state index in [1.807, 2.05) is 0 Å². The summed E-state index contributed by atoms with van der Waals surface area (Å²) in [6, 6.07) is 22.7. The van der Waals surface area contributed by atoms with Gasteiger partial charge in [-0.3, -0.25) is 0 Å². The Bertz CT molecular complexity index is 1960. The van der Waals surface area contributed by atoms with Gasteiger partial charge >= 0.3 is 8.56 Å². The van der Waals surface area contributed by atoms with Gasteiger partial charge in [-0.15, -0.1) is 0 Å². The molecule has 0 unspecified atom stereocenters. The fourth-order valence-corrected chi connectivity index (χ4v) is 23.3. The average molecular weight is 954 g/mol. The van der Waals surface area contributed by atoms with E-state index in [4.69, 9.17) is 8.85 Å². The summed E-state index contributed by atoms with van der Waals surface area (Å²) in [4.78, 5) is 0. The molecule has 69 heavy (non-hydrogen) atoms. The van der Waals surface area contributed by atoms with Gasteiger partial charge in [-0.25, -0.2) is 0 Å². The Balaban J connectivity index is 0.865. The van der Waals surface area contributed by atoms with E-state index >= 15 is 0 Å². The maximum Gasteiger partial charge on any atom is 0.407 e. The highest BCUT2D eigenvalue weighted by molar-refractivity contribution is 6.92. The zero-order valence-electron chi connectivity index (χ0n) is 45.9. The highest BCUT2D eigenvalue weighted by atomic mass is 28.4. The molecule has 16 atom stereocenters. The van der Waals surface area contributed by atoms with Crippen LogP contribution in [0.5, 0.6) is 0 Å². The van der Waals surface area contributed by atoms with Gasteiger partial charge in [0.2, 0.25) is 0 Å². The molecular formula is C66H100O2Si. The molecule has 2 nitrogen and oxygen atoms in total. The fourth-order valence-electron chi connectivity index (χ4n) is 19.8. The predicted octanol–water partition coefficient (Wildman–Crippen LogP) is 17.1. The predicted molar refractivity (Wildman–Crippen MR) is 294 cm³/mol. The lowest BCUT2D eigenvalue weighted by atomic mass is 9.47. The first-order valence-corrected chi connectivity index (χ1v) is 31.8. The zero-order chi connectivity index (χ0) is 48.3. The Hall–Kier alpha value is -1.94. The van der Waals surface area contributed by atoms with Gasteiger partial charge in [0.05, 0.1) is 12.2 Å². The maximum absolute atomic E-state index is 7.98. The quantitative estimate of drug-likeness (QED) is 0.123. The van der Waals surface area contributed by atoms with Crippen molar-refractivity contribution in [3.8, 4) is 0 Å². The molecule has 2 aromatic rings. The first-order valence-electron chi connectivity index (χ1n) is 29.9. The smallest absolute Gasteiger partial charge is 0.384 e. The van der Waals surface area contributed by atoms with Gasteiger partial charge in [0, 0.05) is 0 Å². The molecular weight excluding hydrogens is 853 g/mol. The van der Waals surface area contributed by atoms with Crippen molar-refractivity contribution in [2.45, 2.75) is 223 Å². The molecule has 8 aliphatic carbocycles. The van der Waals surface area contributed by atoms with Crippen molar-refractivity contribution in [2.75, 3.05) is 0 Å². The van der Waals surface area contributed by atoms with Gasteiger partial charge in [0.1, 0.15) is 0 Å². The first kappa shape index (κ1) is 50.6. The summed E-state index contributed by atoms with van der Waals surface area (Å²) in [5, 5.41) is 2.57. The topological polar surface area (TPSA) is 18.5 Å². The monoisotopic (exact) mass is 953 g/mol. The van der Waals surface area contributed by atoms with Crippen LogP contribution in [0.1, 0.15) is 210 Å². The van der Waals surface area contributed by atoms with Gasteiger partial charge in [0.15, 0.2) is 0 Å². The van der Waals surface area contributed by atoms with Crippen LogP contribution in [0.25, 0.3) is 0 Å². The SMILES string of the molecule is CC(C)CCC[C@@H](C)[C@H]1CC[C@H]2[C@@H]3CC=C4C[C@@H](O[Si](O[C@H]5CC[C@@]6(C)C(=CC[C@H]7[C@@H]8CC[C@H]([C@H](C)CCCC(C)C)[C@@]8(C)CC[C@@H]76)C5)(c5ccccc5)c5ccccc5)CC[C@]4(C)[C@H]3CC[C@]12C. The summed E-state index contributed by atoms with van der Waals surface area (Å²) in [7, 11) is -3.13. The molecule has 0 aromatic heterocycles. The van der Waals surface area contributed by atoms with E-state index in [-0.39, 0.29) is 12.2 Å². The van der Waals surface area contributed by atoms with Gasteiger partial charge < -0.3 is 8.85 Å². The molecule has 6 fully saturated rings. The number of fused-ring (bicyclic) bond motifs is 10. The Labute approximate surface area is 425 Å². The number of hydrogen-bond donors (Lipinski definition) is 0. The van der Waals surface area contributed by atoms with Crippen LogP contribution in [0.4, 0.5) is 0 Å². The normalized spacial score (nSPS) is 40.4. The lowest BCUT2D eigenvalue weighted by molar-refractivity contribution is -0.0612. The minimum absolute atomic E-state index is 0.178. The first-order chi connectivity index (χ1) is 33.1. The van der Waals surface area contributed by atoms with Crippen molar-refractivity contribution < 1.29 is 8.85 Å². The molecule has 0 radical (unpaired) electrons. The minimum Gasteiger partial charge on any atom is -0.384 e. The van der Waals surface area contributed by atoms with Crippen LogP contribution >= 0.6 is 0 Å². The van der Waals surface area contributed by atoms with Crippen molar-refractivity contribution in [2.24, 2.45) is 92.7 Å². The second-order valence-corrected chi connectivity index (χ2v) is 30.8. The number of hydrogen-bond acceptors (Lipinski definition) is 2. The van der Waals surface area contributed by atoms with Crippen molar-refractivity contribution in [1.29, 1.82) is 0 Å². The molecule has 0 spiro atoms. The number of benzene rings is 2. The molecule has 2 aromatic carbocycles. The summed E-state index contributed by atoms with van der Waals surface area (Å²) in [6.07, 6.45) is 35.6. The molecule has 380 valence electrons. The molecule has 8 aliphatic rings. The molecule has 10 rings (SSSR count). The highest BCUT2D eigenvalue weighted by Gasteiger charge is 2.62. The summed E-state index contributed by atoms with van der Waals surface area (Å²) in [6.45, 7) is 25.8. The van der Waals surface area contributed by atoms with Crippen LogP contribution < -0.4 is 10.4 Å². The van der Waals surface area contributed by atoms with Crippen LogP contribution in [-0.4, -0.2) is 20.8 Å². The molecule has 0 amide bonds. The second-order valence-electron chi connectivity index (χ2n) is 27.9. The lowest BCUT2D eigenvalue weighted by Gasteiger charge is -2.59. The number of rotatable bonds is 16. The standard InChI is InChI=1S/C66H100O2Si/c1-45(2)19-17-21-47(5)57-31-33-59-55-29-27-49-43-51(35-39-63(49,7)61(55)37-41-65(57,59)9)67-69(53-23-13-11-14-24-53,54-25-15-12-16-26-54)68-52-36-40-64(8)50(44-52)28-30-56-60-34-32-58(48(6)22-18-20-46(3)4)66(60,10)42-38-62(56)64/h11-16,23-28,45-48,51-52,55-62H,17-22,29-44H2,1-10H3/t47-,48-,51+,52+,55+,56+,57-,58-,59+,60+,61+,62+,63+,64+,65-,66-/m1/s1. The van der Waals surface area contributed by atoms with Crippen molar-refractivity contribution >= 4 is 18.9 Å². The van der Waals surface area contributed by atoms with Crippen molar-refractivity contribution in [1.82, 2.24) is 0 Å². The minimum atomic E-state index is -3.13. The Kier molecular flexibility index (Phi) is 14.7. The molecule has 3 heteroatoms. The van der Waals surface area contributed by atoms with Gasteiger partial charge in [0.25, 0.3) is 0 Å². The third-order valence-corrected chi connectivity index (χ3v) is 27.0. The summed E-state index contributed by atoms with van der Waals surface area (Å²) < 4.78 is 16.0. The Morgan fingerprint density at radius 1 is 0.478 bits per heavy atom. The van der Waals surface area contributed by atoms with E-state index in [9.17, 15) is 0 Å². The largest absolute Gasteiger partial charge is 0.407 e. The molecule has 0 heterocycles. The van der Waals surface area contributed by atoms with Gasteiger partial charge in [-0.2, -0.15) is 0 Å². The molecule has 0 N–H and O–H groups in total. The van der Waals surface area contributed by atoms with Crippen LogP contribution in [0.2, 0.25) is 0 Å². The van der Waals surface area contributed by atoms with Crippen LogP contribution in [-0.2, 0) is 8.85 Å². The third-order valence-electron chi connectivity index (χ3n) is 23.5. The van der Waals surface area contributed by atoms with Crippen molar-refractivity contribution in [3.05, 3.63) is 84.0 Å². The molecule has 0 saturated heterocycles. The highest BCUT2D eigenvalue weighted by Crippen LogP contribution is 2.69. The Morgan fingerprint density at radius 2 is 0.884 bits per heavy atom. The average Bonchev–Trinajstić information content (AvgIpc) is 3.89. The summed E-state index contributed by atoms with van der Waals surface area (Å²) in [5.74, 6) is 10.4. The fraction of sp³-hybridized carbons (Fsp3) is 0.758. The molecule has 0 aliphatic heterocycles. The second kappa shape index (κ2) is 20.1. The van der Waals surface area contributed by atoms with Crippen LogP contribution in [0.15, 0.2) is 84.0 Å². The van der Waals surface area contributed by atoms with Crippen LogP contribution in [0, 0.1) is 92.7 Å². The summed E-state index contributed by atoms with van der Waals surface area (Å²) in [5.41, 5.74) is 5.13. The van der Waals surface area contributed by atoms with Crippen molar-refractivity contribution in [3.63, 3.8) is 0 Å². The molecule has 6 saturated carbocycles. The van der Waals surface area contributed by atoms with Gasteiger partial charge in [-0.05, 0) is 206 Å². The summed E-state index contributed by atoms with van der Waals surface area (Å²) >= 11 is 0. The van der Waals surface area contributed by atoms with Gasteiger partial charge in [-0.1, -0.05) is 192 Å². The zero-order valence-corrected chi connectivity index (χ0v) is 46.9. The van der Waals surface area contributed by atoms with E-state index in [0.717, 1.165) is 96.7 Å². The lowest BCUT2D eigenvalue weighted by Crippen LogP contribution is -2.66. The van der Waals surface area contributed by atoms with E-state index in [1.54, 1.807) is 11.1 Å².